The Kier molecular flexibility index (Phi) is 3.90. The summed E-state index contributed by atoms with van der Waals surface area (Å²) in [6.45, 7) is 2.57. The van der Waals surface area contributed by atoms with Crippen molar-refractivity contribution in [1.29, 1.82) is 0 Å². The Morgan fingerprint density at radius 2 is 2.00 bits per heavy atom. The minimum absolute atomic E-state index is 0.357. The zero-order chi connectivity index (χ0) is 14.1. The molecule has 0 atom stereocenters. The number of aliphatic carboxylic acids is 1. The Hall–Kier alpha value is -1.70. The van der Waals surface area contributed by atoms with Crippen molar-refractivity contribution in [3.8, 4) is 0 Å². The smallest absolute Gasteiger partial charge is 0.319 e. The Bertz CT molecular complexity index is 519. The van der Waals surface area contributed by atoms with E-state index in [9.17, 15) is 23.7 Å². The minimum Gasteiger partial charge on any atom is -0.480 e. The van der Waals surface area contributed by atoms with Crippen LogP contribution in [0.5, 0.6) is 0 Å². The van der Waals surface area contributed by atoms with E-state index >= 15 is 0 Å². The van der Waals surface area contributed by atoms with Crippen LogP contribution in [0.3, 0.4) is 0 Å². The molecule has 5 nitrogen and oxygen atoms in total. The summed E-state index contributed by atoms with van der Waals surface area (Å²) in [5, 5.41) is 19.6. The van der Waals surface area contributed by atoms with Gasteiger partial charge in [0.05, 0.1) is 9.82 Å². The van der Waals surface area contributed by atoms with Gasteiger partial charge in [0.25, 0.3) is 0 Å². The van der Waals surface area contributed by atoms with Crippen molar-refractivity contribution < 1.29 is 23.6 Å². The predicted molar refractivity (Wildman–Crippen MR) is 60.6 cm³/mol. The van der Waals surface area contributed by atoms with Crippen LogP contribution in [0.4, 0.5) is 14.5 Å². The topological polar surface area (TPSA) is 80.4 Å². The van der Waals surface area contributed by atoms with Crippen molar-refractivity contribution in [2.75, 3.05) is 0 Å². The number of nitro groups is 1. The van der Waals surface area contributed by atoms with E-state index in [1.165, 1.54) is 13.8 Å². The molecular formula is C10H9F2NO4S. The SMILES string of the molecule is CC(C)(Sc1cc(F)cc(F)c1[N+](=O)[O-])C(=O)O. The van der Waals surface area contributed by atoms with Gasteiger partial charge in [-0.15, -0.1) is 11.8 Å². The number of carboxylic acids is 1. The molecule has 0 radical (unpaired) electrons. The van der Waals surface area contributed by atoms with Crippen LogP contribution in [0.2, 0.25) is 0 Å². The lowest BCUT2D eigenvalue weighted by molar-refractivity contribution is -0.390. The standard InChI is InChI=1S/C10H9F2NO4S/c1-10(2,9(14)15)18-7-4-5(11)3-6(12)8(7)13(16)17/h3-4H,1-2H3,(H,14,15). The van der Waals surface area contributed by atoms with Gasteiger partial charge in [0, 0.05) is 6.07 Å². The first kappa shape index (κ1) is 14.4. The lowest BCUT2D eigenvalue weighted by atomic mass is 10.2. The fraction of sp³-hybridized carbons (Fsp3) is 0.300. The van der Waals surface area contributed by atoms with Crippen LogP contribution >= 0.6 is 11.8 Å². The van der Waals surface area contributed by atoms with E-state index in [1.54, 1.807) is 0 Å². The first-order chi connectivity index (χ1) is 8.15. The summed E-state index contributed by atoms with van der Waals surface area (Å²) in [6, 6.07) is 1.13. The lowest BCUT2D eigenvalue weighted by Crippen LogP contribution is -2.27. The third kappa shape index (κ3) is 2.95. The van der Waals surface area contributed by atoms with E-state index in [2.05, 4.69) is 0 Å². The molecule has 0 saturated heterocycles. The van der Waals surface area contributed by atoms with Crippen LogP contribution in [0.25, 0.3) is 0 Å². The molecule has 1 aromatic carbocycles. The van der Waals surface area contributed by atoms with E-state index in [0.717, 1.165) is 6.07 Å². The first-order valence-corrected chi connectivity index (χ1v) is 5.52. The van der Waals surface area contributed by atoms with Gasteiger partial charge in [-0.2, -0.15) is 4.39 Å². The fourth-order valence-electron chi connectivity index (χ4n) is 1.12. The normalized spacial score (nSPS) is 11.3. The van der Waals surface area contributed by atoms with E-state index < -0.39 is 33.0 Å². The molecule has 0 fully saturated rings. The molecule has 1 aromatic rings. The van der Waals surface area contributed by atoms with Crippen LogP contribution in [-0.2, 0) is 4.79 Å². The number of carbonyl (C=O) groups is 1. The Balaban J connectivity index is 3.32. The van der Waals surface area contributed by atoms with Crippen molar-refractivity contribution in [1.82, 2.24) is 0 Å². The van der Waals surface area contributed by atoms with Gasteiger partial charge in [-0.05, 0) is 19.9 Å². The Morgan fingerprint density at radius 3 is 2.44 bits per heavy atom. The number of carboxylic acid groups (broad SMARTS) is 1. The molecule has 0 spiro atoms. The zero-order valence-corrected chi connectivity index (χ0v) is 10.3. The lowest BCUT2D eigenvalue weighted by Gasteiger charge is -2.18. The molecule has 0 unspecified atom stereocenters. The summed E-state index contributed by atoms with van der Waals surface area (Å²) in [7, 11) is 0. The van der Waals surface area contributed by atoms with Gasteiger partial charge in [-0.3, -0.25) is 14.9 Å². The highest BCUT2D eigenvalue weighted by Gasteiger charge is 2.33. The van der Waals surface area contributed by atoms with Crippen molar-refractivity contribution >= 4 is 23.4 Å². The van der Waals surface area contributed by atoms with Gasteiger partial charge >= 0.3 is 11.7 Å². The highest BCUT2D eigenvalue weighted by Crippen LogP contribution is 2.39. The van der Waals surface area contributed by atoms with Crippen LogP contribution in [0.1, 0.15) is 13.8 Å². The molecule has 18 heavy (non-hydrogen) atoms. The second-order valence-corrected chi connectivity index (χ2v) is 5.57. The van der Waals surface area contributed by atoms with Gasteiger partial charge in [0.1, 0.15) is 10.6 Å². The van der Waals surface area contributed by atoms with Crippen LogP contribution in [0, 0.1) is 21.7 Å². The van der Waals surface area contributed by atoms with Crippen molar-refractivity contribution in [2.24, 2.45) is 0 Å². The minimum atomic E-state index is -1.44. The quantitative estimate of drug-likeness (QED) is 0.520. The summed E-state index contributed by atoms with van der Waals surface area (Å²) < 4.78 is 24.9. The molecule has 0 aliphatic carbocycles. The maximum absolute atomic E-state index is 13.3. The van der Waals surface area contributed by atoms with Crippen molar-refractivity contribution in [3.05, 3.63) is 33.9 Å². The van der Waals surface area contributed by atoms with Crippen LogP contribution in [0.15, 0.2) is 17.0 Å². The Morgan fingerprint density at radius 1 is 1.44 bits per heavy atom. The molecule has 0 aliphatic rings. The van der Waals surface area contributed by atoms with Gasteiger partial charge in [-0.1, -0.05) is 0 Å². The number of rotatable bonds is 4. The Labute approximate surface area is 105 Å². The highest BCUT2D eigenvalue weighted by atomic mass is 32.2. The highest BCUT2D eigenvalue weighted by molar-refractivity contribution is 8.01. The number of hydrogen-bond donors (Lipinski definition) is 1. The number of nitro benzene ring substituents is 1. The fourth-order valence-corrected chi connectivity index (χ4v) is 2.19. The molecule has 1 N–H and O–H groups in total. The van der Waals surface area contributed by atoms with Crippen LogP contribution in [-0.4, -0.2) is 20.7 Å². The number of nitrogens with zero attached hydrogens (tertiary/aromatic N) is 1. The van der Waals surface area contributed by atoms with Gasteiger partial charge < -0.3 is 5.11 Å². The molecular weight excluding hydrogens is 268 g/mol. The summed E-state index contributed by atoms with van der Waals surface area (Å²) in [6.07, 6.45) is 0. The molecule has 98 valence electrons. The van der Waals surface area contributed by atoms with Crippen molar-refractivity contribution in [3.63, 3.8) is 0 Å². The van der Waals surface area contributed by atoms with Gasteiger partial charge in [0.15, 0.2) is 0 Å². The summed E-state index contributed by atoms with van der Waals surface area (Å²) in [5.74, 6) is -3.57. The third-order valence-corrected chi connectivity index (χ3v) is 3.27. The number of benzene rings is 1. The van der Waals surface area contributed by atoms with Gasteiger partial charge in [0.2, 0.25) is 5.82 Å². The zero-order valence-electron chi connectivity index (χ0n) is 9.44. The summed E-state index contributed by atoms with van der Waals surface area (Å²) in [5.41, 5.74) is -0.921. The van der Waals surface area contributed by atoms with E-state index in [4.69, 9.17) is 5.11 Å². The second kappa shape index (κ2) is 4.89. The third-order valence-electron chi connectivity index (χ3n) is 2.06. The maximum atomic E-state index is 13.3. The second-order valence-electron chi connectivity index (χ2n) is 3.91. The number of halogens is 2. The monoisotopic (exact) mass is 277 g/mol. The molecule has 0 aromatic heterocycles. The molecule has 0 aliphatic heterocycles. The molecule has 0 amide bonds. The summed E-state index contributed by atoms with van der Waals surface area (Å²) >= 11 is 0.516. The van der Waals surface area contributed by atoms with E-state index in [1.807, 2.05) is 0 Å². The molecule has 0 saturated carbocycles. The maximum Gasteiger partial charge on any atom is 0.319 e. The largest absolute Gasteiger partial charge is 0.480 e. The predicted octanol–water partition coefficient (Wildman–Crippen LogP) is 2.83. The first-order valence-electron chi connectivity index (χ1n) is 4.71. The summed E-state index contributed by atoms with van der Waals surface area (Å²) in [4.78, 5) is 20.2. The van der Waals surface area contributed by atoms with Gasteiger partial charge in [-0.25, -0.2) is 4.39 Å². The molecule has 8 heteroatoms. The van der Waals surface area contributed by atoms with E-state index in [0.29, 0.717) is 17.8 Å². The molecule has 1 rings (SSSR count). The number of hydrogen-bond acceptors (Lipinski definition) is 4. The van der Waals surface area contributed by atoms with Crippen LogP contribution < -0.4 is 0 Å². The number of thioether (sulfide) groups is 1. The molecule has 0 bridgehead atoms. The average molecular weight is 277 g/mol. The average Bonchev–Trinajstić information content (AvgIpc) is 2.13. The van der Waals surface area contributed by atoms with Crippen molar-refractivity contribution in [2.45, 2.75) is 23.5 Å². The molecule has 0 heterocycles. The van der Waals surface area contributed by atoms with E-state index in [-0.39, 0.29) is 4.90 Å².